The summed E-state index contributed by atoms with van der Waals surface area (Å²) in [6.07, 6.45) is 8.37. The van der Waals surface area contributed by atoms with Crippen molar-refractivity contribution < 1.29 is 43.2 Å². The SMILES string of the molecule is C=CCO[C@@]12Oc3ccc(OCc4ccccc4F)cc3[C@H]3[C@H](CCCCO)[C@@H](CCCCO)C=C(C(=NOCC)C[C@@H]1N(C)C(=O)OCC(C)(C)C)[C@H]32. The van der Waals surface area contributed by atoms with Crippen LogP contribution in [0.5, 0.6) is 11.5 Å². The number of carbonyl (C=O) groups is 1. The van der Waals surface area contributed by atoms with Crippen molar-refractivity contribution in [2.45, 2.75) is 97.0 Å². The number of benzene rings is 2. The molecule has 0 spiro atoms. The molecule has 1 saturated carbocycles. The third-order valence-corrected chi connectivity index (χ3v) is 10.7. The maximum absolute atomic E-state index is 14.6. The lowest BCUT2D eigenvalue weighted by atomic mass is 9.55. The van der Waals surface area contributed by atoms with Crippen molar-refractivity contribution in [3.05, 3.63) is 83.7 Å². The van der Waals surface area contributed by atoms with Gasteiger partial charge in [-0.2, -0.15) is 0 Å². The minimum atomic E-state index is -1.38. The molecule has 2 aliphatic carbocycles. The molecule has 1 heterocycles. The first-order valence-corrected chi connectivity index (χ1v) is 19.4. The molecule has 2 N–H and O–H groups in total. The average molecular weight is 751 g/mol. The van der Waals surface area contributed by atoms with Crippen molar-refractivity contribution in [1.82, 2.24) is 4.90 Å². The van der Waals surface area contributed by atoms with E-state index in [2.05, 4.69) is 17.8 Å². The number of ether oxygens (including phenoxy) is 4. The molecule has 0 saturated heterocycles. The van der Waals surface area contributed by atoms with Crippen LogP contribution in [0.4, 0.5) is 9.18 Å². The Balaban J connectivity index is 1.70. The molecule has 0 bridgehead atoms. The van der Waals surface area contributed by atoms with Gasteiger partial charge in [0.25, 0.3) is 0 Å². The number of aliphatic hydroxyl groups is 2. The van der Waals surface area contributed by atoms with Gasteiger partial charge < -0.3 is 38.9 Å². The summed E-state index contributed by atoms with van der Waals surface area (Å²) in [6.45, 7) is 12.9. The number of unbranched alkanes of at least 4 members (excludes halogenated alkanes) is 2. The maximum Gasteiger partial charge on any atom is 0.410 e. The highest BCUT2D eigenvalue weighted by Gasteiger charge is 2.65. The van der Waals surface area contributed by atoms with E-state index >= 15 is 0 Å². The van der Waals surface area contributed by atoms with Gasteiger partial charge in [-0.25, -0.2) is 9.18 Å². The van der Waals surface area contributed by atoms with Gasteiger partial charge in [0.1, 0.15) is 36.6 Å². The fourth-order valence-corrected chi connectivity index (χ4v) is 8.24. The van der Waals surface area contributed by atoms with Gasteiger partial charge in [0, 0.05) is 43.7 Å². The fourth-order valence-electron chi connectivity index (χ4n) is 8.24. The molecule has 3 aliphatic rings. The molecule has 296 valence electrons. The zero-order chi connectivity index (χ0) is 38.9. The van der Waals surface area contributed by atoms with Gasteiger partial charge in [0.05, 0.1) is 24.8 Å². The lowest BCUT2D eigenvalue weighted by Gasteiger charge is -2.59. The number of halogens is 1. The van der Waals surface area contributed by atoms with Crippen molar-refractivity contribution in [3.63, 3.8) is 0 Å². The summed E-state index contributed by atoms with van der Waals surface area (Å²) in [7, 11) is 1.72. The number of hydrogen-bond donors (Lipinski definition) is 2. The highest BCUT2D eigenvalue weighted by molar-refractivity contribution is 6.02. The van der Waals surface area contributed by atoms with Crippen LogP contribution in [-0.2, 0) is 20.9 Å². The molecule has 54 heavy (non-hydrogen) atoms. The normalized spacial score (nSPS) is 25.1. The van der Waals surface area contributed by atoms with Crippen LogP contribution < -0.4 is 9.47 Å². The monoisotopic (exact) mass is 750 g/mol. The third kappa shape index (κ3) is 9.29. The van der Waals surface area contributed by atoms with Crippen molar-refractivity contribution in [2.24, 2.45) is 28.3 Å². The van der Waals surface area contributed by atoms with E-state index in [0.29, 0.717) is 42.2 Å². The molecular weight excluding hydrogens is 691 g/mol. The van der Waals surface area contributed by atoms with Crippen LogP contribution in [0, 0.1) is 29.0 Å². The lowest BCUT2D eigenvalue weighted by Crippen LogP contribution is -2.69. The largest absolute Gasteiger partial charge is 0.489 e. The van der Waals surface area contributed by atoms with Gasteiger partial charge in [-0.05, 0) is 79.7 Å². The van der Waals surface area contributed by atoms with Crippen LogP contribution in [0.3, 0.4) is 0 Å². The first-order chi connectivity index (χ1) is 26.0. The van der Waals surface area contributed by atoms with Crippen LogP contribution in [0.25, 0.3) is 0 Å². The Morgan fingerprint density at radius 2 is 1.85 bits per heavy atom. The standard InChI is InChI=1S/C43H59FN2O8/c1-7-23-52-43-38(46(6)41(49)51-28-42(3,4)5)26-36(45-53-8-2)33-24-29(15-11-13-21-47)32(17-12-14-22-48)39(40(33)43)34-25-31(19-20-37(34)54-43)50-27-30-16-9-10-18-35(30)44/h7,9-10,16,18-20,24-25,29,32,38-40,47-48H,1,8,11-15,17,21-23,26-28H2,2-6H3/t29-,32+,38-,39+,40+,43+/m0/s1. The molecule has 0 aromatic heterocycles. The van der Waals surface area contributed by atoms with E-state index in [1.807, 2.05) is 45.9 Å². The van der Waals surface area contributed by atoms with Gasteiger partial charge in [0.2, 0.25) is 5.79 Å². The lowest BCUT2D eigenvalue weighted by molar-refractivity contribution is -0.253. The Bertz CT molecular complexity index is 1640. The molecule has 10 nitrogen and oxygen atoms in total. The van der Waals surface area contributed by atoms with Gasteiger partial charge >= 0.3 is 6.09 Å². The highest BCUT2D eigenvalue weighted by atomic mass is 19.1. The summed E-state index contributed by atoms with van der Waals surface area (Å²) >= 11 is 0. The second-order valence-electron chi connectivity index (χ2n) is 15.8. The van der Waals surface area contributed by atoms with Crippen LogP contribution in [0.2, 0.25) is 0 Å². The maximum atomic E-state index is 14.6. The van der Waals surface area contributed by atoms with E-state index < -0.39 is 23.8 Å². The van der Waals surface area contributed by atoms with Crippen molar-refractivity contribution in [3.8, 4) is 11.5 Å². The zero-order valence-electron chi connectivity index (χ0n) is 32.6. The summed E-state index contributed by atoms with van der Waals surface area (Å²) in [6, 6.07) is 11.6. The van der Waals surface area contributed by atoms with Crippen LogP contribution in [-0.4, -0.2) is 78.8 Å². The number of likely N-dealkylation sites (N-methyl/N-ethyl adjacent to an activating group) is 1. The molecule has 2 aromatic rings. The molecule has 1 amide bonds. The Morgan fingerprint density at radius 1 is 1.11 bits per heavy atom. The molecular formula is C43H59FN2O8. The van der Waals surface area contributed by atoms with Crippen LogP contribution in [0.15, 0.2) is 71.9 Å². The van der Waals surface area contributed by atoms with Gasteiger partial charge in [-0.1, -0.05) is 69.1 Å². The molecule has 6 atom stereocenters. The first-order valence-electron chi connectivity index (χ1n) is 19.4. The quantitative estimate of drug-likeness (QED) is 0.0890. The number of aliphatic hydroxyl groups excluding tert-OH is 2. The van der Waals surface area contributed by atoms with E-state index in [9.17, 15) is 19.4 Å². The van der Waals surface area contributed by atoms with E-state index in [1.165, 1.54) is 6.07 Å². The van der Waals surface area contributed by atoms with Gasteiger partial charge in [0.15, 0.2) is 0 Å². The number of rotatable bonds is 18. The average Bonchev–Trinajstić information content (AvgIpc) is 3.15. The van der Waals surface area contributed by atoms with Crippen molar-refractivity contribution in [2.75, 3.05) is 40.1 Å². The highest BCUT2D eigenvalue weighted by Crippen LogP contribution is 2.61. The summed E-state index contributed by atoms with van der Waals surface area (Å²) < 4.78 is 40.7. The van der Waals surface area contributed by atoms with E-state index in [4.69, 9.17) is 23.8 Å². The summed E-state index contributed by atoms with van der Waals surface area (Å²) in [4.78, 5) is 21.2. The molecule has 1 fully saturated rings. The number of carbonyl (C=O) groups excluding carboxylic acids is 1. The predicted molar refractivity (Wildman–Crippen MR) is 206 cm³/mol. The van der Waals surface area contributed by atoms with Gasteiger partial charge in [-0.3, -0.25) is 0 Å². The minimum absolute atomic E-state index is 0.0520. The number of fused-ring (bicyclic) bond motifs is 2. The zero-order valence-corrected chi connectivity index (χ0v) is 32.6. The Labute approximate surface area is 319 Å². The predicted octanol–water partition coefficient (Wildman–Crippen LogP) is 8.17. The van der Waals surface area contributed by atoms with Crippen LogP contribution in [0.1, 0.15) is 89.7 Å². The van der Waals surface area contributed by atoms with Gasteiger partial charge in [-0.15, -0.1) is 6.58 Å². The fraction of sp³-hybridized carbons (Fsp3) is 0.581. The molecule has 2 aromatic carbocycles. The third-order valence-electron chi connectivity index (χ3n) is 10.7. The molecule has 11 heteroatoms. The summed E-state index contributed by atoms with van der Waals surface area (Å²) in [5.74, 6) is -1.04. The van der Waals surface area contributed by atoms with E-state index in [1.54, 1.807) is 36.2 Å². The second-order valence-corrected chi connectivity index (χ2v) is 15.8. The van der Waals surface area contributed by atoms with Crippen molar-refractivity contribution >= 4 is 11.8 Å². The van der Waals surface area contributed by atoms with Crippen molar-refractivity contribution in [1.29, 1.82) is 0 Å². The smallest absolute Gasteiger partial charge is 0.410 e. The Morgan fingerprint density at radius 3 is 2.54 bits per heavy atom. The first kappa shape index (κ1) is 41.2. The molecule has 0 radical (unpaired) electrons. The summed E-state index contributed by atoms with van der Waals surface area (Å²) in [5, 5.41) is 24.3. The topological polar surface area (TPSA) is 119 Å². The number of hydrogen-bond acceptors (Lipinski definition) is 9. The summed E-state index contributed by atoms with van der Waals surface area (Å²) in [5.41, 5.74) is 2.78. The van der Waals surface area contributed by atoms with E-state index in [0.717, 1.165) is 36.8 Å². The number of oxime groups is 1. The Hall–Kier alpha value is -3.93. The number of nitrogens with zero attached hydrogens (tertiary/aromatic N) is 2. The van der Waals surface area contributed by atoms with E-state index in [-0.39, 0.29) is 68.4 Å². The Kier molecular flexibility index (Phi) is 14.2. The second kappa shape index (κ2) is 18.6. The molecule has 5 rings (SSSR count). The molecule has 1 aliphatic heterocycles. The van der Waals surface area contributed by atoms with Crippen LogP contribution >= 0.6 is 0 Å². The minimum Gasteiger partial charge on any atom is -0.489 e. The molecule has 0 unspecified atom stereocenters. The number of amides is 1. The number of allylic oxidation sites excluding steroid dienone is 1.